The smallest absolute Gasteiger partial charge is 0.340 e. The van der Waals surface area contributed by atoms with Gasteiger partial charge in [-0.15, -0.1) is 0 Å². The van der Waals surface area contributed by atoms with E-state index in [0.717, 1.165) is 6.20 Å². The van der Waals surface area contributed by atoms with E-state index in [1.54, 1.807) is 0 Å². The van der Waals surface area contributed by atoms with Crippen molar-refractivity contribution in [3.05, 3.63) is 11.8 Å². The molecule has 0 unspecified atom stereocenters. The van der Waals surface area contributed by atoms with Crippen LogP contribution in [0.5, 0.6) is 0 Å². The summed E-state index contributed by atoms with van der Waals surface area (Å²) < 4.78 is 48.9. The first-order valence-corrected chi connectivity index (χ1v) is 9.01. The van der Waals surface area contributed by atoms with E-state index in [9.17, 15) is 21.6 Å². The maximum atomic E-state index is 12.1. The molecule has 1 fully saturated rings. The lowest BCUT2D eigenvalue weighted by Crippen LogP contribution is -2.41. The number of aromatic amines is 1. The van der Waals surface area contributed by atoms with Crippen molar-refractivity contribution >= 4 is 25.8 Å². The highest BCUT2D eigenvalue weighted by Gasteiger charge is 2.30. The first-order valence-electron chi connectivity index (χ1n) is 5.71. The number of rotatable bonds is 4. The number of H-pyrrole nitrogens is 1. The van der Waals surface area contributed by atoms with Gasteiger partial charge in [0.2, 0.25) is 0 Å². The second-order valence-electron chi connectivity index (χ2n) is 4.47. The number of sulfonamides is 1. The standard InChI is InChI=1S/C9H13N3O6S2/c13-9(14)7-5-10-11-8(7)20(17,18)12-6-1-3-19(15,16)4-2-6/h5-6,12H,1-4H2,(H,10,11)(H,13,14). The molecular formula is C9H13N3O6S2. The third kappa shape index (κ3) is 3.16. The van der Waals surface area contributed by atoms with E-state index in [4.69, 9.17) is 5.11 Å². The van der Waals surface area contributed by atoms with Gasteiger partial charge in [-0.1, -0.05) is 0 Å². The first-order chi connectivity index (χ1) is 9.21. The third-order valence-electron chi connectivity index (χ3n) is 2.98. The minimum Gasteiger partial charge on any atom is -0.478 e. The van der Waals surface area contributed by atoms with Crippen LogP contribution in [0.15, 0.2) is 11.2 Å². The minimum absolute atomic E-state index is 0.0883. The predicted octanol–water partition coefficient (Wildman–Crippen LogP) is -1.04. The van der Waals surface area contributed by atoms with Gasteiger partial charge in [0.05, 0.1) is 17.7 Å². The summed E-state index contributed by atoms with van der Waals surface area (Å²) >= 11 is 0. The third-order valence-corrected chi connectivity index (χ3v) is 6.19. The molecule has 1 aromatic heterocycles. The molecule has 9 nitrogen and oxygen atoms in total. The fourth-order valence-corrected chi connectivity index (χ4v) is 4.80. The van der Waals surface area contributed by atoms with E-state index in [0.29, 0.717) is 0 Å². The molecule has 1 saturated heterocycles. The van der Waals surface area contributed by atoms with Crippen molar-refractivity contribution < 1.29 is 26.7 Å². The summed E-state index contributed by atoms with van der Waals surface area (Å²) in [6.45, 7) is 0. The Bertz CT molecular complexity index is 707. The van der Waals surface area contributed by atoms with Crippen molar-refractivity contribution in [3.63, 3.8) is 0 Å². The molecule has 2 heterocycles. The lowest BCUT2D eigenvalue weighted by atomic mass is 10.2. The van der Waals surface area contributed by atoms with Crippen LogP contribution >= 0.6 is 0 Å². The summed E-state index contributed by atoms with van der Waals surface area (Å²) in [7, 11) is -7.17. The summed E-state index contributed by atoms with van der Waals surface area (Å²) in [5, 5.41) is 13.9. The molecule has 2 rings (SSSR count). The predicted molar refractivity (Wildman–Crippen MR) is 67.5 cm³/mol. The van der Waals surface area contributed by atoms with Crippen LogP contribution in [0.2, 0.25) is 0 Å². The molecule has 1 aliphatic heterocycles. The lowest BCUT2D eigenvalue weighted by Gasteiger charge is -2.22. The molecule has 0 saturated carbocycles. The molecule has 20 heavy (non-hydrogen) atoms. The van der Waals surface area contributed by atoms with Crippen molar-refractivity contribution in [2.24, 2.45) is 0 Å². The number of nitrogens with zero attached hydrogens (tertiary/aromatic N) is 1. The molecule has 1 aromatic rings. The number of sulfone groups is 1. The number of aromatic carboxylic acids is 1. The molecular weight excluding hydrogens is 310 g/mol. The monoisotopic (exact) mass is 323 g/mol. The Morgan fingerprint density at radius 3 is 2.55 bits per heavy atom. The molecule has 0 aliphatic carbocycles. The van der Waals surface area contributed by atoms with E-state index in [2.05, 4.69) is 14.9 Å². The van der Waals surface area contributed by atoms with Crippen LogP contribution in [0.4, 0.5) is 0 Å². The number of aromatic nitrogens is 2. The molecule has 0 radical (unpaired) electrons. The second-order valence-corrected chi connectivity index (χ2v) is 8.42. The van der Waals surface area contributed by atoms with Crippen LogP contribution in [0.1, 0.15) is 23.2 Å². The van der Waals surface area contributed by atoms with Gasteiger partial charge < -0.3 is 5.11 Å². The average molecular weight is 323 g/mol. The van der Waals surface area contributed by atoms with Gasteiger partial charge in [0.15, 0.2) is 5.03 Å². The fourth-order valence-electron chi connectivity index (χ4n) is 1.92. The number of carboxylic acid groups (broad SMARTS) is 1. The van der Waals surface area contributed by atoms with Gasteiger partial charge in [-0.05, 0) is 12.8 Å². The van der Waals surface area contributed by atoms with E-state index in [1.807, 2.05) is 0 Å². The van der Waals surface area contributed by atoms with Gasteiger partial charge in [0.1, 0.15) is 15.4 Å². The fraction of sp³-hybridized carbons (Fsp3) is 0.556. The van der Waals surface area contributed by atoms with Crippen molar-refractivity contribution in [1.82, 2.24) is 14.9 Å². The maximum absolute atomic E-state index is 12.1. The summed E-state index contributed by atoms with van der Waals surface area (Å²) in [5.74, 6) is -1.59. The number of nitrogens with one attached hydrogen (secondary N) is 2. The van der Waals surface area contributed by atoms with Gasteiger partial charge in [-0.25, -0.2) is 26.4 Å². The second kappa shape index (κ2) is 5.14. The van der Waals surface area contributed by atoms with Crippen LogP contribution in [0.3, 0.4) is 0 Å². The Kier molecular flexibility index (Phi) is 3.84. The van der Waals surface area contributed by atoms with Crippen LogP contribution in [-0.4, -0.2) is 55.7 Å². The number of hydrogen-bond donors (Lipinski definition) is 3. The van der Waals surface area contributed by atoms with E-state index >= 15 is 0 Å². The average Bonchev–Trinajstić information content (AvgIpc) is 2.82. The van der Waals surface area contributed by atoms with Crippen molar-refractivity contribution in [1.29, 1.82) is 0 Å². The Hall–Kier alpha value is -1.46. The molecule has 11 heteroatoms. The normalized spacial score (nSPS) is 19.8. The van der Waals surface area contributed by atoms with Gasteiger partial charge in [0, 0.05) is 6.04 Å². The minimum atomic E-state index is -4.07. The summed E-state index contributed by atoms with van der Waals surface area (Å²) in [6, 6.07) is -0.534. The molecule has 112 valence electrons. The first kappa shape index (κ1) is 14.9. The Morgan fingerprint density at radius 2 is 2.00 bits per heavy atom. The molecule has 0 aromatic carbocycles. The van der Waals surface area contributed by atoms with Gasteiger partial charge in [-0.3, -0.25) is 5.10 Å². The maximum Gasteiger partial charge on any atom is 0.340 e. The van der Waals surface area contributed by atoms with Crippen molar-refractivity contribution in [2.45, 2.75) is 23.9 Å². The number of carbonyl (C=O) groups is 1. The molecule has 3 N–H and O–H groups in total. The lowest BCUT2D eigenvalue weighted by molar-refractivity contribution is 0.0692. The van der Waals surface area contributed by atoms with E-state index in [1.165, 1.54) is 0 Å². The van der Waals surface area contributed by atoms with E-state index in [-0.39, 0.29) is 24.3 Å². The summed E-state index contributed by atoms with van der Waals surface area (Å²) in [6.07, 6.45) is 1.23. The van der Waals surface area contributed by atoms with Crippen LogP contribution < -0.4 is 4.72 Å². The Balaban J connectivity index is 2.16. The number of carboxylic acids is 1. The van der Waals surface area contributed by atoms with Crippen molar-refractivity contribution in [2.75, 3.05) is 11.5 Å². The highest BCUT2D eigenvalue weighted by Crippen LogP contribution is 2.17. The highest BCUT2D eigenvalue weighted by atomic mass is 32.2. The number of hydrogen-bond acceptors (Lipinski definition) is 6. The van der Waals surface area contributed by atoms with Gasteiger partial charge in [0.25, 0.3) is 10.0 Å². The van der Waals surface area contributed by atoms with Crippen LogP contribution in [-0.2, 0) is 19.9 Å². The summed E-state index contributed by atoms with van der Waals surface area (Å²) in [4.78, 5) is 10.9. The molecule has 1 aliphatic rings. The van der Waals surface area contributed by atoms with Gasteiger partial charge >= 0.3 is 5.97 Å². The van der Waals surface area contributed by atoms with Gasteiger partial charge in [-0.2, -0.15) is 5.10 Å². The zero-order valence-electron chi connectivity index (χ0n) is 10.2. The van der Waals surface area contributed by atoms with Crippen LogP contribution in [0.25, 0.3) is 0 Å². The molecule has 0 amide bonds. The quantitative estimate of drug-likeness (QED) is 0.641. The zero-order valence-corrected chi connectivity index (χ0v) is 11.9. The molecule has 0 atom stereocenters. The topological polar surface area (TPSA) is 146 Å². The summed E-state index contributed by atoms with van der Waals surface area (Å²) in [5.41, 5.74) is -0.457. The zero-order chi connectivity index (χ0) is 15.0. The SMILES string of the molecule is O=C(O)c1cn[nH]c1S(=O)(=O)NC1CCS(=O)(=O)CC1. The largest absolute Gasteiger partial charge is 0.478 e. The molecule has 0 spiro atoms. The Morgan fingerprint density at radius 1 is 1.40 bits per heavy atom. The highest BCUT2D eigenvalue weighted by molar-refractivity contribution is 7.91. The molecule has 0 bridgehead atoms. The van der Waals surface area contributed by atoms with Crippen molar-refractivity contribution in [3.8, 4) is 0 Å². The van der Waals surface area contributed by atoms with Crippen LogP contribution in [0, 0.1) is 0 Å². The van der Waals surface area contributed by atoms with E-state index < -0.39 is 42.5 Å². The Labute approximate surface area is 115 Å².